The number of nitrogens with one attached hydrogen (secondary N) is 2. The van der Waals surface area contributed by atoms with Gasteiger partial charge in [0.25, 0.3) is 11.8 Å². The van der Waals surface area contributed by atoms with Crippen molar-refractivity contribution in [1.29, 1.82) is 0 Å². The third-order valence-corrected chi connectivity index (χ3v) is 6.47. The summed E-state index contributed by atoms with van der Waals surface area (Å²) in [4.78, 5) is 73.5. The maximum atomic E-state index is 13.5. The quantitative estimate of drug-likeness (QED) is 0.107. The Labute approximate surface area is 240 Å². The number of nitrogens with zero attached hydrogens (tertiary/aromatic N) is 3. The SMILES string of the molecule is Cc1ccc(C(=O)NC2CC2)cc1N=C(N=CN)c1[nH]cc(C(=O)N(C(=O)OCOC(=O)/C=C/C(=O)O)C2CC2)c1C. The Morgan fingerprint density at radius 1 is 1.12 bits per heavy atom. The molecule has 0 aliphatic heterocycles. The van der Waals surface area contributed by atoms with Gasteiger partial charge in [-0.05, 0) is 62.8 Å². The van der Waals surface area contributed by atoms with E-state index in [9.17, 15) is 24.0 Å². The first-order valence-corrected chi connectivity index (χ1v) is 13.1. The molecular weight excluding hydrogens is 548 g/mol. The van der Waals surface area contributed by atoms with Crippen LogP contribution < -0.4 is 11.1 Å². The van der Waals surface area contributed by atoms with Crippen molar-refractivity contribution in [2.45, 2.75) is 51.6 Å². The number of aliphatic carboxylic acids is 1. The van der Waals surface area contributed by atoms with Gasteiger partial charge in [-0.15, -0.1) is 0 Å². The van der Waals surface area contributed by atoms with Crippen LogP contribution in [0.4, 0.5) is 10.5 Å². The van der Waals surface area contributed by atoms with Gasteiger partial charge in [0.2, 0.25) is 6.79 Å². The molecule has 0 atom stereocenters. The molecule has 220 valence electrons. The number of amidine groups is 1. The third kappa shape index (κ3) is 7.47. The Morgan fingerprint density at radius 3 is 2.50 bits per heavy atom. The highest BCUT2D eigenvalue weighted by Crippen LogP contribution is 2.31. The van der Waals surface area contributed by atoms with Crippen LogP contribution in [0.1, 0.15) is 63.2 Å². The number of rotatable bonds is 10. The molecule has 1 aromatic carbocycles. The fourth-order valence-electron chi connectivity index (χ4n) is 3.91. The average Bonchev–Trinajstić information content (AvgIpc) is 3.88. The summed E-state index contributed by atoms with van der Waals surface area (Å²) in [6.45, 7) is 2.68. The van der Waals surface area contributed by atoms with Gasteiger partial charge in [-0.3, -0.25) is 9.59 Å². The molecule has 5 N–H and O–H groups in total. The predicted octanol–water partition coefficient (Wildman–Crippen LogP) is 2.47. The van der Waals surface area contributed by atoms with E-state index < -0.39 is 36.8 Å². The largest absolute Gasteiger partial charge is 0.478 e. The van der Waals surface area contributed by atoms with Gasteiger partial charge in [0.15, 0.2) is 5.84 Å². The first kappa shape index (κ1) is 29.7. The summed E-state index contributed by atoms with van der Waals surface area (Å²) in [5.41, 5.74) is 8.28. The van der Waals surface area contributed by atoms with Crippen LogP contribution >= 0.6 is 0 Å². The summed E-state index contributed by atoms with van der Waals surface area (Å²) in [5.74, 6) is -3.07. The maximum absolute atomic E-state index is 13.5. The normalized spacial score (nSPS) is 15.0. The van der Waals surface area contributed by atoms with E-state index in [0.717, 1.165) is 29.6 Å². The second-order valence-corrected chi connectivity index (χ2v) is 9.73. The molecule has 4 rings (SSSR count). The summed E-state index contributed by atoms with van der Waals surface area (Å²) >= 11 is 0. The van der Waals surface area contributed by atoms with Crippen LogP contribution in [-0.2, 0) is 19.1 Å². The van der Waals surface area contributed by atoms with Crippen molar-refractivity contribution in [3.63, 3.8) is 0 Å². The average molecular weight is 579 g/mol. The monoisotopic (exact) mass is 578 g/mol. The Bertz CT molecular complexity index is 1500. The lowest BCUT2D eigenvalue weighted by Gasteiger charge is -2.19. The molecule has 14 heteroatoms. The molecule has 1 aromatic heterocycles. The molecule has 0 saturated heterocycles. The number of carboxylic acid groups (broad SMARTS) is 1. The molecule has 1 heterocycles. The highest BCUT2D eigenvalue weighted by Gasteiger charge is 2.40. The number of carboxylic acids is 1. The minimum atomic E-state index is -1.35. The number of aromatic amines is 1. The lowest BCUT2D eigenvalue weighted by molar-refractivity contribution is -0.146. The molecular formula is C28H30N6O8. The number of nitrogens with two attached hydrogens (primary N) is 1. The van der Waals surface area contributed by atoms with E-state index >= 15 is 0 Å². The van der Waals surface area contributed by atoms with Crippen LogP contribution in [0.5, 0.6) is 0 Å². The minimum absolute atomic E-state index is 0.152. The van der Waals surface area contributed by atoms with E-state index in [0.29, 0.717) is 47.5 Å². The predicted molar refractivity (Wildman–Crippen MR) is 149 cm³/mol. The molecule has 0 radical (unpaired) electrons. The molecule has 2 aromatic rings. The smallest absolute Gasteiger partial charge is 0.419 e. The number of hydrogen-bond donors (Lipinski definition) is 4. The lowest BCUT2D eigenvalue weighted by Crippen LogP contribution is -2.39. The van der Waals surface area contributed by atoms with Crippen LogP contribution in [0.3, 0.4) is 0 Å². The van der Waals surface area contributed by atoms with Crippen molar-refractivity contribution < 1.29 is 38.6 Å². The zero-order valence-electron chi connectivity index (χ0n) is 23.0. The third-order valence-electron chi connectivity index (χ3n) is 6.47. The highest BCUT2D eigenvalue weighted by molar-refractivity contribution is 6.09. The lowest BCUT2D eigenvalue weighted by atomic mass is 10.1. The van der Waals surface area contributed by atoms with Crippen LogP contribution in [0, 0.1) is 13.8 Å². The second kappa shape index (κ2) is 12.9. The van der Waals surface area contributed by atoms with Crippen LogP contribution in [-0.4, -0.2) is 75.9 Å². The van der Waals surface area contributed by atoms with E-state index in [-0.39, 0.29) is 23.3 Å². The molecule has 2 saturated carbocycles. The zero-order valence-corrected chi connectivity index (χ0v) is 23.0. The number of hydrogen-bond acceptors (Lipinski definition) is 8. The number of H-pyrrole nitrogens is 1. The maximum Gasteiger partial charge on any atom is 0.419 e. The number of amides is 3. The molecule has 2 aliphatic rings. The van der Waals surface area contributed by atoms with Gasteiger partial charge in [-0.1, -0.05) is 6.07 Å². The number of aromatic nitrogens is 1. The minimum Gasteiger partial charge on any atom is -0.478 e. The van der Waals surface area contributed by atoms with Gasteiger partial charge in [-0.2, -0.15) is 0 Å². The molecule has 2 aliphatic carbocycles. The second-order valence-electron chi connectivity index (χ2n) is 9.73. The number of aryl methyl sites for hydroxylation is 1. The van der Waals surface area contributed by atoms with Gasteiger partial charge in [0, 0.05) is 36.0 Å². The molecule has 0 bridgehead atoms. The van der Waals surface area contributed by atoms with Gasteiger partial charge in [0.05, 0.1) is 23.3 Å². The Balaban J connectivity index is 1.53. The highest BCUT2D eigenvalue weighted by atomic mass is 16.7. The van der Waals surface area contributed by atoms with Crippen molar-refractivity contribution in [1.82, 2.24) is 15.2 Å². The number of benzene rings is 1. The summed E-state index contributed by atoms with van der Waals surface area (Å²) in [6, 6.07) is 4.95. The number of ether oxygens (including phenoxy) is 2. The fraction of sp³-hybridized carbons (Fsp3) is 0.321. The fourth-order valence-corrected chi connectivity index (χ4v) is 3.91. The van der Waals surface area contributed by atoms with Crippen molar-refractivity contribution in [3.05, 3.63) is 64.5 Å². The number of esters is 1. The number of aliphatic imine (C=N–C) groups is 2. The van der Waals surface area contributed by atoms with Crippen molar-refractivity contribution in [2.24, 2.45) is 15.7 Å². The standard InChI is InChI=1S/C28H30N6O8/c1-15-3-4-17(26(38)32-18-5-6-18)11-21(15)33-25(31-13-29)24-16(2)20(12-30-24)27(39)34(19-7-8-19)28(40)42-14-41-23(37)10-9-22(35)36/h3-4,9-13,18-19,30H,5-8,14H2,1-2H3,(H,32,38)(H,35,36)(H2,29,31,33)/b10-9+. The van der Waals surface area contributed by atoms with Crippen molar-refractivity contribution >= 4 is 47.7 Å². The molecule has 3 amide bonds. The first-order chi connectivity index (χ1) is 20.1. The van der Waals surface area contributed by atoms with Crippen LogP contribution in [0.25, 0.3) is 0 Å². The van der Waals surface area contributed by atoms with E-state index in [1.54, 1.807) is 25.1 Å². The van der Waals surface area contributed by atoms with Crippen LogP contribution in [0.2, 0.25) is 0 Å². The van der Waals surface area contributed by atoms with E-state index in [2.05, 4.69) is 25.0 Å². The molecule has 0 spiro atoms. The van der Waals surface area contributed by atoms with E-state index in [1.165, 1.54) is 6.20 Å². The molecule has 2 fully saturated rings. The van der Waals surface area contributed by atoms with Gasteiger partial charge in [-0.25, -0.2) is 29.3 Å². The molecule has 14 nitrogen and oxygen atoms in total. The number of carbonyl (C=O) groups excluding carboxylic acids is 4. The zero-order chi connectivity index (χ0) is 30.4. The summed E-state index contributed by atoms with van der Waals surface area (Å²) < 4.78 is 9.60. The number of imide groups is 1. The summed E-state index contributed by atoms with van der Waals surface area (Å²) in [7, 11) is 0. The van der Waals surface area contributed by atoms with Crippen molar-refractivity contribution in [2.75, 3.05) is 6.79 Å². The Hall–Kier alpha value is -5.27. The molecule has 42 heavy (non-hydrogen) atoms. The van der Waals surface area contributed by atoms with Crippen molar-refractivity contribution in [3.8, 4) is 0 Å². The van der Waals surface area contributed by atoms with Gasteiger partial charge in [0.1, 0.15) is 0 Å². The van der Waals surface area contributed by atoms with Crippen LogP contribution in [0.15, 0.2) is 46.5 Å². The topological polar surface area (TPSA) is 206 Å². The van der Waals surface area contributed by atoms with Gasteiger partial charge < -0.3 is 30.6 Å². The Morgan fingerprint density at radius 2 is 1.86 bits per heavy atom. The Kier molecular flexibility index (Phi) is 9.15. The van der Waals surface area contributed by atoms with E-state index in [1.807, 2.05) is 6.92 Å². The summed E-state index contributed by atoms with van der Waals surface area (Å²) in [5, 5.41) is 11.5. The summed E-state index contributed by atoms with van der Waals surface area (Å²) in [6.07, 6.45) is 5.76. The van der Waals surface area contributed by atoms with E-state index in [4.69, 9.17) is 15.6 Å². The molecule has 0 unspecified atom stereocenters. The van der Waals surface area contributed by atoms with Gasteiger partial charge >= 0.3 is 18.0 Å². The first-order valence-electron chi connectivity index (χ1n) is 13.1. The number of carbonyl (C=O) groups is 5.